The molecule has 3 aromatic rings. The van der Waals surface area contributed by atoms with Crippen LogP contribution in [0.2, 0.25) is 5.28 Å². The van der Waals surface area contributed by atoms with Crippen molar-refractivity contribution in [1.29, 1.82) is 0 Å². The number of aromatic nitrogens is 4. The van der Waals surface area contributed by atoms with Crippen LogP contribution in [0.5, 0.6) is 0 Å². The fraction of sp³-hybridized carbons (Fsp3) is 0. The van der Waals surface area contributed by atoms with E-state index >= 15 is 0 Å². The maximum absolute atomic E-state index is 5.81. The van der Waals surface area contributed by atoms with Gasteiger partial charge in [-0.1, -0.05) is 0 Å². The zero-order valence-electron chi connectivity index (χ0n) is 7.94. The highest BCUT2D eigenvalue weighted by Crippen LogP contribution is 2.24. The second-order valence-corrected chi connectivity index (χ2v) is 4.23. The van der Waals surface area contributed by atoms with Gasteiger partial charge in [0, 0.05) is 5.38 Å². The molecule has 0 aliphatic carbocycles. The lowest BCUT2D eigenvalue weighted by Gasteiger charge is -2.03. The number of nitrogens with zero attached hydrogens (tertiary/aromatic N) is 3. The molecule has 0 aliphatic rings. The number of anilines is 2. The van der Waals surface area contributed by atoms with Gasteiger partial charge >= 0.3 is 0 Å². The van der Waals surface area contributed by atoms with Crippen molar-refractivity contribution in [1.82, 2.24) is 20.2 Å². The topological polar surface area (TPSA) is 66.5 Å². The summed E-state index contributed by atoms with van der Waals surface area (Å²) in [6, 6.07) is 1.96. The zero-order chi connectivity index (χ0) is 11.0. The minimum atomic E-state index is 0.189. The average Bonchev–Trinajstić information content (AvgIpc) is 2.87. The fourth-order valence-electron chi connectivity index (χ4n) is 1.38. The van der Waals surface area contributed by atoms with E-state index in [0.717, 1.165) is 11.1 Å². The van der Waals surface area contributed by atoms with Crippen molar-refractivity contribution in [3.63, 3.8) is 0 Å². The van der Waals surface area contributed by atoms with Crippen molar-refractivity contribution >= 4 is 45.5 Å². The molecule has 5 nitrogen and oxygen atoms in total. The van der Waals surface area contributed by atoms with Crippen molar-refractivity contribution < 1.29 is 0 Å². The van der Waals surface area contributed by atoms with E-state index in [4.69, 9.17) is 11.6 Å². The van der Waals surface area contributed by atoms with E-state index in [1.807, 2.05) is 16.8 Å². The summed E-state index contributed by atoms with van der Waals surface area (Å²) in [6.45, 7) is 0. The second-order valence-electron chi connectivity index (χ2n) is 3.11. The Morgan fingerprint density at radius 1 is 1.38 bits per heavy atom. The van der Waals surface area contributed by atoms with E-state index in [2.05, 4.69) is 25.5 Å². The SMILES string of the molecule is Clc1nc(Nc2ccsc2)c2cn[nH]c2n1. The van der Waals surface area contributed by atoms with Crippen LogP contribution in [-0.2, 0) is 0 Å². The summed E-state index contributed by atoms with van der Waals surface area (Å²) in [5.74, 6) is 0.655. The summed E-state index contributed by atoms with van der Waals surface area (Å²) in [5, 5.41) is 14.8. The van der Waals surface area contributed by atoms with Gasteiger partial charge in [-0.05, 0) is 23.0 Å². The van der Waals surface area contributed by atoms with Gasteiger partial charge < -0.3 is 5.32 Å². The highest BCUT2D eigenvalue weighted by atomic mass is 35.5. The number of H-pyrrole nitrogens is 1. The van der Waals surface area contributed by atoms with Crippen molar-refractivity contribution in [2.24, 2.45) is 0 Å². The predicted molar refractivity (Wildman–Crippen MR) is 64.3 cm³/mol. The van der Waals surface area contributed by atoms with E-state index in [1.165, 1.54) is 0 Å². The molecule has 3 heterocycles. The summed E-state index contributed by atoms with van der Waals surface area (Å²) < 4.78 is 0. The Bertz CT molecular complexity index is 618. The highest BCUT2D eigenvalue weighted by molar-refractivity contribution is 7.08. The molecule has 0 spiro atoms. The van der Waals surface area contributed by atoms with Gasteiger partial charge in [0.05, 0.1) is 17.3 Å². The maximum atomic E-state index is 5.81. The van der Waals surface area contributed by atoms with Crippen LogP contribution in [-0.4, -0.2) is 20.2 Å². The smallest absolute Gasteiger partial charge is 0.226 e. The Kier molecular flexibility index (Phi) is 2.23. The van der Waals surface area contributed by atoms with Gasteiger partial charge in [-0.3, -0.25) is 5.10 Å². The first kappa shape index (κ1) is 9.56. The molecule has 16 heavy (non-hydrogen) atoms. The first-order chi connectivity index (χ1) is 7.83. The molecule has 7 heteroatoms. The highest BCUT2D eigenvalue weighted by Gasteiger charge is 2.08. The second kappa shape index (κ2) is 3.73. The van der Waals surface area contributed by atoms with E-state index in [-0.39, 0.29) is 5.28 Å². The van der Waals surface area contributed by atoms with E-state index in [9.17, 15) is 0 Å². The Hall–Kier alpha value is -1.66. The van der Waals surface area contributed by atoms with Crippen LogP contribution < -0.4 is 5.32 Å². The van der Waals surface area contributed by atoms with Crippen molar-refractivity contribution in [2.75, 3.05) is 5.32 Å². The lowest BCUT2D eigenvalue weighted by molar-refractivity contribution is 1.09. The van der Waals surface area contributed by atoms with Crippen LogP contribution >= 0.6 is 22.9 Å². The van der Waals surface area contributed by atoms with Gasteiger partial charge in [-0.15, -0.1) is 0 Å². The number of rotatable bonds is 2. The molecule has 0 aromatic carbocycles. The lowest BCUT2D eigenvalue weighted by Crippen LogP contribution is -1.95. The molecule has 0 saturated heterocycles. The largest absolute Gasteiger partial charge is 0.339 e. The predicted octanol–water partition coefficient (Wildman–Crippen LogP) is 2.81. The molecular weight excluding hydrogens is 246 g/mol. The van der Waals surface area contributed by atoms with Gasteiger partial charge in [0.2, 0.25) is 5.28 Å². The van der Waals surface area contributed by atoms with Gasteiger partial charge in [0.1, 0.15) is 5.82 Å². The van der Waals surface area contributed by atoms with Gasteiger partial charge in [-0.2, -0.15) is 26.4 Å². The third kappa shape index (κ3) is 1.62. The standard InChI is InChI=1S/C9H6ClN5S/c10-9-13-7(12-5-1-2-16-4-5)6-3-11-15-8(6)14-9/h1-4H,(H2,11,12,13,14,15). The Morgan fingerprint density at radius 2 is 2.31 bits per heavy atom. The molecule has 0 radical (unpaired) electrons. The summed E-state index contributed by atoms with van der Waals surface area (Å²) in [6.07, 6.45) is 1.67. The first-order valence-electron chi connectivity index (χ1n) is 4.49. The van der Waals surface area contributed by atoms with Crippen LogP contribution in [0.25, 0.3) is 11.0 Å². The van der Waals surface area contributed by atoms with Gasteiger partial charge in [0.15, 0.2) is 5.65 Å². The van der Waals surface area contributed by atoms with Crippen LogP contribution in [0.4, 0.5) is 11.5 Å². The monoisotopic (exact) mass is 251 g/mol. The number of aromatic amines is 1. The van der Waals surface area contributed by atoms with E-state index < -0.39 is 0 Å². The minimum Gasteiger partial charge on any atom is -0.339 e. The third-order valence-electron chi connectivity index (χ3n) is 2.07. The summed E-state index contributed by atoms with van der Waals surface area (Å²) in [4.78, 5) is 8.16. The first-order valence-corrected chi connectivity index (χ1v) is 5.81. The summed E-state index contributed by atoms with van der Waals surface area (Å²) in [5.41, 5.74) is 1.60. The van der Waals surface area contributed by atoms with Crippen LogP contribution in [0.3, 0.4) is 0 Å². The molecule has 0 unspecified atom stereocenters. The molecule has 2 N–H and O–H groups in total. The Morgan fingerprint density at radius 3 is 3.12 bits per heavy atom. The van der Waals surface area contributed by atoms with E-state index in [1.54, 1.807) is 17.5 Å². The molecule has 0 bridgehead atoms. The number of nitrogens with one attached hydrogen (secondary N) is 2. The lowest BCUT2D eigenvalue weighted by atomic mass is 10.4. The minimum absolute atomic E-state index is 0.189. The fourth-order valence-corrected chi connectivity index (χ4v) is 2.13. The Balaban J connectivity index is 2.11. The summed E-state index contributed by atoms with van der Waals surface area (Å²) >= 11 is 7.42. The van der Waals surface area contributed by atoms with E-state index in [0.29, 0.717) is 11.5 Å². The van der Waals surface area contributed by atoms with Gasteiger partial charge in [-0.25, -0.2) is 0 Å². The van der Waals surface area contributed by atoms with Crippen molar-refractivity contribution in [2.45, 2.75) is 0 Å². The maximum Gasteiger partial charge on any atom is 0.226 e. The number of thiophene rings is 1. The molecule has 0 saturated carbocycles. The van der Waals surface area contributed by atoms with Crippen LogP contribution in [0, 0.1) is 0 Å². The summed E-state index contributed by atoms with van der Waals surface area (Å²) in [7, 11) is 0. The molecule has 80 valence electrons. The molecule has 3 aromatic heterocycles. The number of fused-ring (bicyclic) bond motifs is 1. The van der Waals surface area contributed by atoms with Crippen LogP contribution in [0.1, 0.15) is 0 Å². The molecule has 0 fully saturated rings. The van der Waals surface area contributed by atoms with Gasteiger partial charge in [0.25, 0.3) is 0 Å². The molecule has 3 rings (SSSR count). The quantitative estimate of drug-likeness (QED) is 0.688. The average molecular weight is 252 g/mol. The zero-order valence-corrected chi connectivity index (χ0v) is 9.51. The normalized spacial score (nSPS) is 10.8. The molecule has 0 atom stereocenters. The third-order valence-corrected chi connectivity index (χ3v) is 2.92. The number of hydrogen-bond donors (Lipinski definition) is 2. The molecule has 0 amide bonds. The number of halogens is 1. The molecular formula is C9H6ClN5S. The van der Waals surface area contributed by atoms with Crippen LogP contribution in [0.15, 0.2) is 23.0 Å². The van der Waals surface area contributed by atoms with Crippen molar-refractivity contribution in [3.05, 3.63) is 28.3 Å². The number of hydrogen-bond acceptors (Lipinski definition) is 5. The molecule has 0 aliphatic heterocycles. The Labute approximate surface area is 99.5 Å². The van der Waals surface area contributed by atoms with Crippen molar-refractivity contribution in [3.8, 4) is 0 Å².